The zero-order valence-electron chi connectivity index (χ0n) is 9.76. The summed E-state index contributed by atoms with van der Waals surface area (Å²) in [6.07, 6.45) is 0.166. The summed E-state index contributed by atoms with van der Waals surface area (Å²) in [5.74, 6) is 0. The van der Waals surface area contributed by atoms with Crippen LogP contribution < -0.4 is 0 Å². The van der Waals surface area contributed by atoms with Crippen LogP contribution in [0.15, 0.2) is 30.3 Å². The van der Waals surface area contributed by atoms with Crippen LogP contribution in [0.2, 0.25) is 0 Å². The Labute approximate surface area is 97.0 Å². The first kappa shape index (κ1) is 11.6. The number of morpholine rings is 1. The first-order valence-electron chi connectivity index (χ1n) is 5.78. The van der Waals surface area contributed by atoms with Crippen LogP contribution in [0.4, 0.5) is 0 Å². The van der Waals surface area contributed by atoms with E-state index < -0.39 is 0 Å². The van der Waals surface area contributed by atoms with Crippen molar-refractivity contribution >= 4 is 0 Å². The van der Waals surface area contributed by atoms with Gasteiger partial charge >= 0.3 is 0 Å². The second-order valence-electron chi connectivity index (χ2n) is 4.05. The first-order valence-corrected chi connectivity index (χ1v) is 5.78. The molecule has 0 amide bonds. The van der Waals surface area contributed by atoms with Crippen LogP contribution in [0.3, 0.4) is 0 Å². The van der Waals surface area contributed by atoms with Crippen molar-refractivity contribution in [1.82, 2.24) is 4.90 Å². The number of hydrogen-bond donors (Lipinski definition) is 0. The minimum absolute atomic E-state index is 0.166. The normalized spacial score (nSPS) is 19.6. The van der Waals surface area contributed by atoms with Gasteiger partial charge in [-0.2, -0.15) is 0 Å². The van der Waals surface area contributed by atoms with Gasteiger partial charge in [0.1, 0.15) is 0 Å². The maximum Gasteiger partial charge on any atom is 0.0947 e. The maximum atomic E-state index is 5.56. The number of ether oxygens (including phenoxy) is 2. The third kappa shape index (κ3) is 3.04. The second-order valence-corrected chi connectivity index (χ2v) is 4.05. The lowest BCUT2D eigenvalue weighted by molar-refractivity contribution is 0.00216. The van der Waals surface area contributed by atoms with Crippen molar-refractivity contribution in [2.75, 3.05) is 40.0 Å². The van der Waals surface area contributed by atoms with E-state index in [1.807, 2.05) is 6.07 Å². The van der Waals surface area contributed by atoms with Crippen LogP contribution >= 0.6 is 0 Å². The lowest BCUT2D eigenvalue weighted by Gasteiger charge is -2.30. The number of methoxy groups -OCH3 is 1. The van der Waals surface area contributed by atoms with Crippen molar-refractivity contribution in [3.63, 3.8) is 0 Å². The molecule has 1 fully saturated rings. The van der Waals surface area contributed by atoms with Crippen molar-refractivity contribution in [3.05, 3.63) is 35.9 Å². The van der Waals surface area contributed by atoms with Gasteiger partial charge in [0.15, 0.2) is 0 Å². The molecule has 0 saturated carbocycles. The highest BCUT2D eigenvalue weighted by Gasteiger charge is 2.17. The van der Waals surface area contributed by atoms with E-state index in [9.17, 15) is 0 Å². The molecule has 0 aliphatic carbocycles. The topological polar surface area (TPSA) is 21.7 Å². The number of benzene rings is 1. The third-order valence-electron chi connectivity index (χ3n) is 2.98. The summed E-state index contributed by atoms with van der Waals surface area (Å²) >= 11 is 0. The average molecular weight is 221 g/mol. The molecule has 0 N–H and O–H groups in total. The summed E-state index contributed by atoms with van der Waals surface area (Å²) in [5, 5.41) is 0. The van der Waals surface area contributed by atoms with Gasteiger partial charge in [-0.3, -0.25) is 4.90 Å². The molecule has 1 unspecified atom stereocenters. The number of nitrogens with zero attached hydrogens (tertiary/aromatic N) is 1. The Balaban J connectivity index is 1.94. The maximum absolute atomic E-state index is 5.56. The SMILES string of the molecule is COC(CN1CCOCC1)c1ccccc1. The summed E-state index contributed by atoms with van der Waals surface area (Å²) in [6.45, 7) is 4.64. The fraction of sp³-hybridized carbons (Fsp3) is 0.538. The van der Waals surface area contributed by atoms with Crippen molar-refractivity contribution in [1.29, 1.82) is 0 Å². The van der Waals surface area contributed by atoms with E-state index in [4.69, 9.17) is 9.47 Å². The molecule has 3 heteroatoms. The highest BCUT2D eigenvalue weighted by Crippen LogP contribution is 2.17. The van der Waals surface area contributed by atoms with Gasteiger partial charge in [-0.15, -0.1) is 0 Å². The Hall–Kier alpha value is -0.900. The Kier molecular flexibility index (Phi) is 4.34. The van der Waals surface area contributed by atoms with Crippen molar-refractivity contribution in [2.24, 2.45) is 0 Å². The van der Waals surface area contributed by atoms with Gasteiger partial charge in [0.2, 0.25) is 0 Å². The minimum Gasteiger partial charge on any atom is -0.379 e. The molecule has 3 nitrogen and oxygen atoms in total. The molecule has 88 valence electrons. The zero-order chi connectivity index (χ0) is 11.2. The molecule has 1 aliphatic heterocycles. The molecule has 1 aromatic rings. The van der Waals surface area contributed by atoms with Gasteiger partial charge in [0.25, 0.3) is 0 Å². The van der Waals surface area contributed by atoms with E-state index in [1.165, 1.54) is 5.56 Å². The standard InChI is InChI=1S/C13H19NO2/c1-15-13(12-5-3-2-4-6-12)11-14-7-9-16-10-8-14/h2-6,13H,7-11H2,1H3. The first-order chi connectivity index (χ1) is 7.90. The van der Waals surface area contributed by atoms with Gasteiger partial charge in [0, 0.05) is 26.7 Å². The fourth-order valence-corrected chi connectivity index (χ4v) is 2.00. The zero-order valence-corrected chi connectivity index (χ0v) is 9.76. The smallest absolute Gasteiger partial charge is 0.0947 e. The molecular formula is C13H19NO2. The summed E-state index contributed by atoms with van der Waals surface area (Å²) in [6, 6.07) is 10.4. The minimum atomic E-state index is 0.166. The molecule has 2 rings (SSSR count). The summed E-state index contributed by atoms with van der Waals surface area (Å²) < 4.78 is 10.9. The summed E-state index contributed by atoms with van der Waals surface area (Å²) in [4.78, 5) is 2.39. The molecule has 0 spiro atoms. The number of rotatable bonds is 4. The van der Waals surface area contributed by atoms with Crippen LogP contribution in [0, 0.1) is 0 Å². The largest absolute Gasteiger partial charge is 0.379 e. The average Bonchev–Trinajstić information content (AvgIpc) is 2.38. The highest BCUT2D eigenvalue weighted by atomic mass is 16.5. The van der Waals surface area contributed by atoms with Crippen molar-refractivity contribution in [2.45, 2.75) is 6.10 Å². The van der Waals surface area contributed by atoms with Gasteiger partial charge in [-0.25, -0.2) is 0 Å². The number of hydrogen-bond acceptors (Lipinski definition) is 3. The molecule has 0 radical (unpaired) electrons. The quantitative estimate of drug-likeness (QED) is 0.772. The molecule has 1 saturated heterocycles. The second kappa shape index (κ2) is 5.99. The Morgan fingerprint density at radius 1 is 1.25 bits per heavy atom. The van der Waals surface area contributed by atoms with Gasteiger partial charge < -0.3 is 9.47 Å². The van der Waals surface area contributed by atoms with Crippen LogP contribution in [0.25, 0.3) is 0 Å². The highest BCUT2D eigenvalue weighted by molar-refractivity contribution is 5.17. The van der Waals surface area contributed by atoms with E-state index in [0.717, 1.165) is 32.8 Å². The molecule has 16 heavy (non-hydrogen) atoms. The van der Waals surface area contributed by atoms with E-state index in [1.54, 1.807) is 7.11 Å². The predicted molar refractivity (Wildman–Crippen MR) is 63.5 cm³/mol. The molecule has 0 aromatic heterocycles. The fourth-order valence-electron chi connectivity index (χ4n) is 2.00. The Morgan fingerprint density at radius 2 is 1.94 bits per heavy atom. The molecule has 1 atom stereocenters. The monoisotopic (exact) mass is 221 g/mol. The lowest BCUT2D eigenvalue weighted by Crippen LogP contribution is -2.39. The van der Waals surface area contributed by atoms with Crippen LogP contribution in [-0.4, -0.2) is 44.9 Å². The molecule has 1 aliphatic rings. The van der Waals surface area contributed by atoms with E-state index in [-0.39, 0.29) is 6.10 Å². The molecule has 1 aromatic carbocycles. The van der Waals surface area contributed by atoms with Gasteiger partial charge in [0.05, 0.1) is 19.3 Å². The van der Waals surface area contributed by atoms with Gasteiger partial charge in [-0.1, -0.05) is 30.3 Å². The molecular weight excluding hydrogens is 202 g/mol. The Bertz CT molecular complexity index is 296. The summed E-state index contributed by atoms with van der Waals surface area (Å²) in [5.41, 5.74) is 1.25. The van der Waals surface area contributed by atoms with E-state index in [2.05, 4.69) is 29.2 Å². The van der Waals surface area contributed by atoms with Crippen LogP contribution in [-0.2, 0) is 9.47 Å². The van der Waals surface area contributed by atoms with Crippen LogP contribution in [0.1, 0.15) is 11.7 Å². The van der Waals surface area contributed by atoms with E-state index in [0.29, 0.717) is 0 Å². The van der Waals surface area contributed by atoms with Crippen LogP contribution in [0.5, 0.6) is 0 Å². The van der Waals surface area contributed by atoms with Crippen molar-refractivity contribution < 1.29 is 9.47 Å². The van der Waals surface area contributed by atoms with Gasteiger partial charge in [-0.05, 0) is 5.56 Å². The summed E-state index contributed by atoms with van der Waals surface area (Å²) in [7, 11) is 1.78. The van der Waals surface area contributed by atoms with E-state index >= 15 is 0 Å². The molecule has 1 heterocycles. The third-order valence-corrected chi connectivity index (χ3v) is 2.98. The lowest BCUT2D eigenvalue weighted by atomic mass is 10.1. The Morgan fingerprint density at radius 3 is 2.56 bits per heavy atom. The predicted octanol–water partition coefficient (Wildman–Crippen LogP) is 1.71. The van der Waals surface area contributed by atoms with Crippen molar-refractivity contribution in [3.8, 4) is 0 Å². The molecule has 0 bridgehead atoms.